The second-order valence-corrected chi connectivity index (χ2v) is 4.51. The summed E-state index contributed by atoms with van der Waals surface area (Å²) in [4.78, 5) is 23.2. The van der Waals surface area contributed by atoms with Gasteiger partial charge >= 0.3 is 5.97 Å². The van der Waals surface area contributed by atoms with E-state index >= 15 is 0 Å². The summed E-state index contributed by atoms with van der Waals surface area (Å²) in [5, 5.41) is 10.7. The minimum atomic E-state index is -1.95. The van der Waals surface area contributed by atoms with Gasteiger partial charge in [-0.3, -0.25) is 4.79 Å². The van der Waals surface area contributed by atoms with Gasteiger partial charge < -0.3 is 15.6 Å². The number of ether oxygens (including phenoxy) is 1. The lowest BCUT2D eigenvalue weighted by Crippen LogP contribution is -2.42. The van der Waals surface area contributed by atoms with Gasteiger partial charge in [-0.2, -0.15) is 0 Å². The Balaban J connectivity index is 2.49. The molecule has 2 aromatic rings. The number of carbonyl (C=O) groups excluding carboxylic acids is 2. The summed E-state index contributed by atoms with van der Waals surface area (Å²) in [5.41, 5.74) is 4.40. The highest BCUT2D eigenvalue weighted by Gasteiger charge is 2.38. The van der Waals surface area contributed by atoms with E-state index in [4.69, 9.17) is 5.73 Å². The minimum absolute atomic E-state index is 0.286. The Bertz CT molecular complexity index is 652. The van der Waals surface area contributed by atoms with Gasteiger partial charge in [-0.1, -0.05) is 42.5 Å². The van der Waals surface area contributed by atoms with Crippen LogP contribution in [0.15, 0.2) is 54.6 Å². The molecule has 0 spiro atoms. The van der Waals surface area contributed by atoms with Crippen molar-refractivity contribution in [2.45, 2.75) is 5.60 Å². The van der Waals surface area contributed by atoms with E-state index in [1.165, 1.54) is 31.4 Å². The Morgan fingerprint density at radius 3 is 2.00 bits per heavy atom. The van der Waals surface area contributed by atoms with Gasteiger partial charge in [0.15, 0.2) is 5.60 Å². The maximum atomic E-state index is 11.8. The lowest BCUT2D eigenvalue weighted by molar-refractivity contribution is -0.133. The standard InChI is InChI=1S/C16H15NO4/c1-21-14(18)11-7-9-13(10-8-11)16(20,15(17)19)12-5-3-2-4-6-12/h2-10,20H,1H3,(H2,17,19). The molecule has 1 unspecified atom stereocenters. The maximum absolute atomic E-state index is 11.8. The van der Waals surface area contributed by atoms with Crippen molar-refractivity contribution < 1.29 is 19.4 Å². The average molecular weight is 285 g/mol. The topological polar surface area (TPSA) is 89.6 Å². The normalized spacial score (nSPS) is 13.2. The molecular weight excluding hydrogens is 270 g/mol. The smallest absolute Gasteiger partial charge is 0.337 e. The molecule has 21 heavy (non-hydrogen) atoms. The third kappa shape index (κ3) is 2.64. The first kappa shape index (κ1) is 14.7. The van der Waals surface area contributed by atoms with E-state index in [0.29, 0.717) is 11.1 Å². The van der Waals surface area contributed by atoms with Gasteiger partial charge in [0.25, 0.3) is 5.91 Å². The lowest BCUT2D eigenvalue weighted by atomic mass is 9.85. The first-order valence-corrected chi connectivity index (χ1v) is 6.26. The highest BCUT2D eigenvalue weighted by molar-refractivity contribution is 5.91. The van der Waals surface area contributed by atoms with Crippen LogP contribution in [0, 0.1) is 0 Å². The molecule has 5 nitrogen and oxygen atoms in total. The molecule has 0 fully saturated rings. The van der Waals surface area contributed by atoms with Crippen LogP contribution >= 0.6 is 0 Å². The van der Waals surface area contributed by atoms with Crippen LogP contribution in [-0.2, 0) is 15.1 Å². The van der Waals surface area contributed by atoms with Crippen molar-refractivity contribution in [2.24, 2.45) is 5.73 Å². The number of carbonyl (C=O) groups is 2. The highest BCUT2D eigenvalue weighted by Crippen LogP contribution is 2.29. The van der Waals surface area contributed by atoms with Crippen molar-refractivity contribution in [3.05, 3.63) is 71.3 Å². The zero-order valence-corrected chi connectivity index (χ0v) is 11.4. The van der Waals surface area contributed by atoms with E-state index in [2.05, 4.69) is 4.74 Å². The summed E-state index contributed by atoms with van der Waals surface area (Å²) >= 11 is 0. The quantitative estimate of drug-likeness (QED) is 0.826. The molecule has 1 amide bonds. The molecule has 0 aromatic heterocycles. The molecule has 0 saturated heterocycles. The summed E-state index contributed by atoms with van der Waals surface area (Å²) in [6.45, 7) is 0. The molecule has 2 rings (SSSR count). The molecule has 3 N–H and O–H groups in total. The molecule has 0 radical (unpaired) electrons. The zero-order valence-electron chi connectivity index (χ0n) is 11.4. The highest BCUT2D eigenvalue weighted by atomic mass is 16.5. The number of hydrogen-bond donors (Lipinski definition) is 2. The minimum Gasteiger partial charge on any atom is -0.465 e. The maximum Gasteiger partial charge on any atom is 0.337 e. The van der Waals surface area contributed by atoms with Gasteiger partial charge in [0, 0.05) is 0 Å². The van der Waals surface area contributed by atoms with E-state index in [-0.39, 0.29) is 5.56 Å². The van der Waals surface area contributed by atoms with Crippen LogP contribution in [0.2, 0.25) is 0 Å². The molecule has 0 saturated carbocycles. The van der Waals surface area contributed by atoms with Crippen LogP contribution in [0.4, 0.5) is 0 Å². The molecule has 1 atom stereocenters. The van der Waals surface area contributed by atoms with Gasteiger partial charge in [0.1, 0.15) is 0 Å². The molecule has 0 bridgehead atoms. The predicted octanol–water partition coefficient (Wildman–Crippen LogP) is 1.19. The Labute approximate surface area is 122 Å². The molecule has 0 aliphatic heterocycles. The van der Waals surface area contributed by atoms with Crippen LogP contribution in [0.3, 0.4) is 0 Å². The molecule has 5 heteroatoms. The van der Waals surface area contributed by atoms with E-state index in [9.17, 15) is 14.7 Å². The Morgan fingerprint density at radius 2 is 1.52 bits per heavy atom. The van der Waals surface area contributed by atoms with Crippen molar-refractivity contribution >= 4 is 11.9 Å². The van der Waals surface area contributed by atoms with Crippen molar-refractivity contribution in [3.8, 4) is 0 Å². The second kappa shape index (κ2) is 5.76. The van der Waals surface area contributed by atoms with Crippen LogP contribution in [0.25, 0.3) is 0 Å². The zero-order chi connectivity index (χ0) is 15.5. The Kier molecular flexibility index (Phi) is 4.05. The van der Waals surface area contributed by atoms with Crippen LogP contribution < -0.4 is 5.73 Å². The molecule has 2 aromatic carbocycles. The summed E-state index contributed by atoms with van der Waals surface area (Å²) in [5.74, 6) is -1.39. The lowest BCUT2D eigenvalue weighted by Gasteiger charge is -2.25. The fourth-order valence-electron chi connectivity index (χ4n) is 2.10. The SMILES string of the molecule is COC(=O)c1ccc(C(O)(C(N)=O)c2ccccc2)cc1. The van der Waals surface area contributed by atoms with Gasteiger partial charge in [0.05, 0.1) is 12.7 Å². The van der Waals surface area contributed by atoms with Crippen molar-refractivity contribution in [3.63, 3.8) is 0 Å². The third-order valence-corrected chi connectivity index (χ3v) is 3.27. The Morgan fingerprint density at radius 1 is 1.00 bits per heavy atom. The van der Waals surface area contributed by atoms with Gasteiger partial charge in [-0.25, -0.2) is 4.79 Å². The number of esters is 1. The van der Waals surface area contributed by atoms with E-state index in [0.717, 1.165) is 0 Å². The van der Waals surface area contributed by atoms with E-state index in [1.807, 2.05) is 0 Å². The number of amides is 1. The third-order valence-electron chi connectivity index (χ3n) is 3.27. The van der Waals surface area contributed by atoms with Crippen LogP contribution in [0.5, 0.6) is 0 Å². The van der Waals surface area contributed by atoms with Crippen LogP contribution in [-0.4, -0.2) is 24.1 Å². The predicted molar refractivity (Wildman–Crippen MR) is 76.4 cm³/mol. The average Bonchev–Trinajstić information content (AvgIpc) is 2.54. The molecule has 0 heterocycles. The Hall–Kier alpha value is -2.66. The van der Waals surface area contributed by atoms with Crippen molar-refractivity contribution in [1.29, 1.82) is 0 Å². The monoisotopic (exact) mass is 285 g/mol. The van der Waals surface area contributed by atoms with Crippen LogP contribution in [0.1, 0.15) is 21.5 Å². The van der Waals surface area contributed by atoms with E-state index in [1.54, 1.807) is 30.3 Å². The first-order valence-electron chi connectivity index (χ1n) is 6.26. The molecule has 108 valence electrons. The van der Waals surface area contributed by atoms with Gasteiger partial charge in [0.2, 0.25) is 0 Å². The summed E-state index contributed by atoms with van der Waals surface area (Å²) in [7, 11) is 1.28. The summed E-state index contributed by atoms with van der Waals surface area (Å²) in [6, 6.07) is 14.3. The largest absolute Gasteiger partial charge is 0.465 e. The summed E-state index contributed by atoms with van der Waals surface area (Å²) < 4.78 is 4.60. The fraction of sp³-hybridized carbons (Fsp3) is 0.125. The molecule has 0 aliphatic rings. The number of benzene rings is 2. The van der Waals surface area contributed by atoms with Gasteiger partial charge in [-0.05, 0) is 23.3 Å². The van der Waals surface area contributed by atoms with Gasteiger partial charge in [-0.15, -0.1) is 0 Å². The molecular formula is C16H15NO4. The number of hydrogen-bond acceptors (Lipinski definition) is 4. The van der Waals surface area contributed by atoms with Crippen molar-refractivity contribution in [1.82, 2.24) is 0 Å². The molecule has 0 aliphatic carbocycles. The number of aliphatic hydroxyl groups is 1. The fourth-order valence-corrected chi connectivity index (χ4v) is 2.10. The van der Waals surface area contributed by atoms with E-state index < -0.39 is 17.5 Å². The number of rotatable bonds is 4. The second-order valence-electron chi connectivity index (χ2n) is 4.51. The van der Waals surface area contributed by atoms with Crippen molar-refractivity contribution in [2.75, 3.05) is 7.11 Å². The summed E-state index contributed by atoms with van der Waals surface area (Å²) in [6.07, 6.45) is 0. The number of methoxy groups -OCH3 is 1. The number of primary amides is 1. The first-order chi connectivity index (χ1) is 10.00. The number of nitrogens with two attached hydrogens (primary N) is 1.